The van der Waals surface area contributed by atoms with Gasteiger partial charge in [-0.05, 0) is 24.9 Å². The molecule has 80 valence electrons. The maximum Gasteiger partial charge on any atom is 0.209 e. The van der Waals surface area contributed by atoms with Gasteiger partial charge >= 0.3 is 0 Å². The summed E-state index contributed by atoms with van der Waals surface area (Å²) in [6.45, 7) is 7.96. The summed E-state index contributed by atoms with van der Waals surface area (Å²) in [6.07, 6.45) is 0.578. The summed E-state index contributed by atoms with van der Waals surface area (Å²) in [5.41, 5.74) is 0.238. The lowest BCUT2D eigenvalue weighted by atomic mass is 9.97. The highest BCUT2D eigenvalue weighted by atomic mass is 32.2. The van der Waals surface area contributed by atoms with Crippen LogP contribution in [0.3, 0.4) is 0 Å². The van der Waals surface area contributed by atoms with Crippen molar-refractivity contribution < 1.29 is 8.42 Å². The molecular weight excluding hydrogens is 188 g/mol. The molecule has 0 aromatic heterocycles. The fourth-order valence-corrected chi connectivity index (χ4v) is 1.41. The highest BCUT2D eigenvalue weighted by molar-refractivity contribution is 7.89. The van der Waals surface area contributed by atoms with Gasteiger partial charge in [0.1, 0.15) is 0 Å². The van der Waals surface area contributed by atoms with Gasteiger partial charge in [0, 0.05) is 0 Å². The molecule has 0 aliphatic carbocycles. The second kappa shape index (κ2) is 4.93. The molecule has 0 aromatic rings. The minimum atomic E-state index is -3.28. The van der Waals surface area contributed by atoms with Crippen molar-refractivity contribution >= 4 is 10.0 Å². The van der Waals surface area contributed by atoms with Gasteiger partial charge in [0.2, 0.25) is 10.0 Å². The van der Waals surface area contributed by atoms with Crippen molar-refractivity contribution in [2.45, 2.75) is 27.2 Å². The third kappa shape index (κ3) is 11.9. The molecule has 5 heteroatoms. The number of hydrogen-bond donors (Lipinski definition) is 2. The maximum absolute atomic E-state index is 10.5. The highest BCUT2D eigenvalue weighted by Crippen LogP contribution is 2.09. The zero-order valence-corrected chi connectivity index (χ0v) is 9.45. The van der Waals surface area contributed by atoms with Gasteiger partial charge in [-0.15, -0.1) is 0 Å². The van der Waals surface area contributed by atoms with E-state index < -0.39 is 10.0 Å². The van der Waals surface area contributed by atoms with E-state index in [1.54, 1.807) is 0 Å². The average molecular weight is 208 g/mol. The van der Waals surface area contributed by atoms with Gasteiger partial charge in [-0.1, -0.05) is 20.8 Å². The largest absolute Gasteiger partial charge is 0.316 e. The summed E-state index contributed by atoms with van der Waals surface area (Å²) < 4.78 is 21.1. The Morgan fingerprint density at radius 3 is 2.23 bits per heavy atom. The fraction of sp³-hybridized carbons (Fsp3) is 1.00. The standard InChI is InChI=1S/C8H20N2O2S/c1-8(2,3)7-10-5-4-6-13(9,11)12/h10H,4-7H2,1-3H3,(H2,9,11,12). The Hall–Kier alpha value is -0.130. The lowest BCUT2D eigenvalue weighted by Gasteiger charge is -2.18. The number of sulfonamides is 1. The first-order valence-electron chi connectivity index (χ1n) is 4.42. The molecule has 0 rings (SSSR count). The molecule has 4 nitrogen and oxygen atoms in total. The zero-order chi connectivity index (χ0) is 10.5. The topological polar surface area (TPSA) is 72.2 Å². The molecule has 0 bridgehead atoms. The van der Waals surface area contributed by atoms with Crippen LogP contribution in [0.5, 0.6) is 0 Å². The van der Waals surface area contributed by atoms with Crippen LogP contribution >= 0.6 is 0 Å². The van der Waals surface area contributed by atoms with E-state index in [2.05, 4.69) is 26.1 Å². The van der Waals surface area contributed by atoms with Crippen LogP contribution < -0.4 is 10.5 Å². The van der Waals surface area contributed by atoms with Gasteiger partial charge in [0.25, 0.3) is 0 Å². The van der Waals surface area contributed by atoms with Crippen molar-refractivity contribution in [3.05, 3.63) is 0 Å². The molecule has 13 heavy (non-hydrogen) atoms. The zero-order valence-electron chi connectivity index (χ0n) is 8.63. The Bertz CT molecular complexity index is 229. The molecule has 0 atom stereocenters. The van der Waals surface area contributed by atoms with Crippen LogP contribution in [0, 0.1) is 5.41 Å². The van der Waals surface area contributed by atoms with E-state index in [4.69, 9.17) is 5.14 Å². The summed E-state index contributed by atoms with van der Waals surface area (Å²) in [5.74, 6) is 0.0597. The predicted molar refractivity (Wildman–Crippen MR) is 54.9 cm³/mol. The molecule has 3 N–H and O–H groups in total. The van der Waals surface area contributed by atoms with Crippen LogP contribution in [0.15, 0.2) is 0 Å². The lowest BCUT2D eigenvalue weighted by Crippen LogP contribution is -2.29. The van der Waals surface area contributed by atoms with E-state index in [-0.39, 0.29) is 11.2 Å². The lowest BCUT2D eigenvalue weighted by molar-refractivity contribution is 0.381. The first kappa shape index (κ1) is 12.9. The maximum atomic E-state index is 10.5. The van der Waals surface area contributed by atoms with Crippen molar-refractivity contribution in [3.8, 4) is 0 Å². The molecule has 0 aromatic carbocycles. The second-order valence-corrected chi connectivity index (χ2v) is 6.19. The molecule has 0 amide bonds. The Kier molecular flexibility index (Phi) is 4.88. The van der Waals surface area contributed by atoms with Crippen LogP contribution in [-0.4, -0.2) is 27.3 Å². The Morgan fingerprint density at radius 2 is 1.85 bits per heavy atom. The summed E-state index contributed by atoms with van der Waals surface area (Å²) in [5, 5.41) is 8.03. The van der Waals surface area contributed by atoms with Crippen LogP contribution in [0.25, 0.3) is 0 Å². The molecule has 0 aliphatic rings. The third-order valence-corrected chi connectivity index (χ3v) is 2.30. The first-order valence-corrected chi connectivity index (χ1v) is 6.13. The minimum Gasteiger partial charge on any atom is -0.316 e. The van der Waals surface area contributed by atoms with E-state index in [0.717, 1.165) is 6.54 Å². The highest BCUT2D eigenvalue weighted by Gasteiger charge is 2.08. The molecule has 0 heterocycles. The number of nitrogens with one attached hydrogen (secondary N) is 1. The molecule has 0 unspecified atom stereocenters. The Morgan fingerprint density at radius 1 is 1.31 bits per heavy atom. The van der Waals surface area contributed by atoms with E-state index in [1.807, 2.05) is 0 Å². The van der Waals surface area contributed by atoms with E-state index >= 15 is 0 Å². The molecule has 0 fully saturated rings. The van der Waals surface area contributed by atoms with Gasteiger partial charge in [-0.25, -0.2) is 13.6 Å². The van der Waals surface area contributed by atoms with E-state index in [0.29, 0.717) is 13.0 Å². The Labute approximate surface area is 80.9 Å². The minimum absolute atomic E-state index is 0.0597. The van der Waals surface area contributed by atoms with Gasteiger partial charge in [0.15, 0.2) is 0 Å². The van der Waals surface area contributed by atoms with E-state index in [9.17, 15) is 8.42 Å². The number of primary sulfonamides is 1. The fourth-order valence-electron chi connectivity index (χ4n) is 0.862. The van der Waals surface area contributed by atoms with Crippen molar-refractivity contribution in [3.63, 3.8) is 0 Å². The van der Waals surface area contributed by atoms with Crippen molar-refractivity contribution in [2.75, 3.05) is 18.8 Å². The normalized spacial score (nSPS) is 13.2. The number of nitrogens with two attached hydrogens (primary N) is 1. The summed E-state index contributed by atoms with van der Waals surface area (Å²) in [6, 6.07) is 0. The second-order valence-electron chi connectivity index (χ2n) is 4.46. The summed E-state index contributed by atoms with van der Waals surface area (Å²) >= 11 is 0. The molecule has 0 saturated carbocycles. The monoisotopic (exact) mass is 208 g/mol. The molecule has 0 spiro atoms. The molecule has 0 aliphatic heterocycles. The average Bonchev–Trinajstić information content (AvgIpc) is 1.81. The van der Waals surface area contributed by atoms with Gasteiger partial charge < -0.3 is 5.32 Å². The molecular formula is C8H20N2O2S. The van der Waals surface area contributed by atoms with Gasteiger partial charge in [0.05, 0.1) is 5.75 Å². The summed E-state index contributed by atoms with van der Waals surface area (Å²) in [4.78, 5) is 0. The molecule has 0 radical (unpaired) electrons. The third-order valence-electron chi connectivity index (χ3n) is 1.44. The predicted octanol–water partition coefficient (Wildman–Crippen LogP) is 0.301. The van der Waals surface area contributed by atoms with Crippen molar-refractivity contribution in [2.24, 2.45) is 10.6 Å². The van der Waals surface area contributed by atoms with Gasteiger partial charge in [-0.3, -0.25) is 0 Å². The van der Waals surface area contributed by atoms with Gasteiger partial charge in [-0.2, -0.15) is 0 Å². The first-order chi connectivity index (χ1) is 5.71. The quantitative estimate of drug-likeness (QED) is 0.638. The van der Waals surface area contributed by atoms with Crippen molar-refractivity contribution in [1.29, 1.82) is 0 Å². The van der Waals surface area contributed by atoms with Crippen LogP contribution in [0.4, 0.5) is 0 Å². The van der Waals surface area contributed by atoms with Crippen LogP contribution in [0.1, 0.15) is 27.2 Å². The number of hydrogen-bond acceptors (Lipinski definition) is 3. The van der Waals surface area contributed by atoms with Crippen LogP contribution in [0.2, 0.25) is 0 Å². The smallest absolute Gasteiger partial charge is 0.209 e. The van der Waals surface area contributed by atoms with E-state index in [1.165, 1.54) is 0 Å². The molecule has 0 saturated heterocycles. The Balaban J connectivity index is 3.39. The van der Waals surface area contributed by atoms with Crippen molar-refractivity contribution in [1.82, 2.24) is 5.32 Å². The van der Waals surface area contributed by atoms with Crippen LogP contribution in [-0.2, 0) is 10.0 Å². The summed E-state index contributed by atoms with van der Waals surface area (Å²) in [7, 11) is -3.28. The SMILES string of the molecule is CC(C)(C)CNCCCS(N)(=O)=O. The number of rotatable bonds is 5.